The van der Waals surface area contributed by atoms with E-state index in [2.05, 4.69) is 0 Å². The zero-order chi connectivity index (χ0) is 15.0. The Hall–Kier alpha value is -2.13. The van der Waals surface area contributed by atoms with Gasteiger partial charge in [-0.15, -0.1) is 0 Å². The van der Waals surface area contributed by atoms with E-state index in [9.17, 15) is 8.42 Å². The first kappa shape index (κ1) is 15.3. The highest BCUT2D eigenvalue weighted by molar-refractivity contribution is 7.91. The SMILES string of the molecule is O=S(=O)(C/C=C\c1ccccc1)C/C=C/c1ccccc1. The van der Waals surface area contributed by atoms with Crippen LogP contribution in [0.25, 0.3) is 12.2 Å². The molecule has 0 radical (unpaired) electrons. The van der Waals surface area contributed by atoms with Gasteiger partial charge in [0, 0.05) is 0 Å². The van der Waals surface area contributed by atoms with Gasteiger partial charge in [-0.2, -0.15) is 0 Å². The lowest BCUT2D eigenvalue weighted by atomic mass is 10.2. The standard InChI is InChI=1S/C18H18O2S/c19-21(20,15-7-13-17-9-3-1-4-10-17)16-8-14-18-11-5-2-6-12-18/h1-14H,15-16H2/b13-7-,14-8+. The molecule has 0 aliphatic heterocycles. The topological polar surface area (TPSA) is 34.1 Å². The summed E-state index contributed by atoms with van der Waals surface area (Å²) in [7, 11) is -3.10. The molecule has 21 heavy (non-hydrogen) atoms. The van der Waals surface area contributed by atoms with Crippen molar-refractivity contribution in [2.24, 2.45) is 0 Å². The van der Waals surface area contributed by atoms with Gasteiger partial charge in [0.1, 0.15) is 0 Å². The molecule has 0 aliphatic carbocycles. The minimum absolute atomic E-state index is 0.0566. The molecule has 2 aromatic carbocycles. The summed E-state index contributed by atoms with van der Waals surface area (Å²) < 4.78 is 23.8. The van der Waals surface area contributed by atoms with Crippen molar-refractivity contribution in [3.63, 3.8) is 0 Å². The van der Waals surface area contributed by atoms with Crippen molar-refractivity contribution < 1.29 is 8.42 Å². The van der Waals surface area contributed by atoms with Crippen molar-refractivity contribution in [1.29, 1.82) is 0 Å². The molecule has 0 N–H and O–H groups in total. The van der Waals surface area contributed by atoms with Gasteiger partial charge < -0.3 is 0 Å². The van der Waals surface area contributed by atoms with E-state index >= 15 is 0 Å². The Kier molecular flexibility index (Phi) is 5.52. The van der Waals surface area contributed by atoms with Crippen LogP contribution in [0.4, 0.5) is 0 Å². The van der Waals surface area contributed by atoms with E-state index in [1.165, 1.54) is 0 Å². The average Bonchev–Trinajstić information content (AvgIpc) is 2.49. The van der Waals surface area contributed by atoms with Gasteiger partial charge in [-0.1, -0.05) is 85.0 Å². The summed E-state index contributed by atoms with van der Waals surface area (Å²) in [6.45, 7) is 0. The van der Waals surface area contributed by atoms with Crippen LogP contribution in [0.2, 0.25) is 0 Å². The molecule has 2 aromatic rings. The van der Waals surface area contributed by atoms with Crippen molar-refractivity contribution in [2.45, 2.75) is 0 Å². The summed E-state index contributed by atoms with van der Waals surface area (Å²) in [5.74, 6) is 0.113. The summed E-state index contributed by atoms with van der Waals surface area (Å²) in [6, 6.07) is 19.3. The summed E-state index contributed by atoms with van der Waals surface area (Å²) in [6.07, 6.45) is 7.05. The highest BCUT2D eigenvalue weighted by Crippen LogP contribution is 2.04. The lowest BCUT2D eigenvalue weighted by Crippen LogP contribution is -2.07. The Bertz CT molecular complexity index is 642. The Labute approximate surface area is 126 Å². The third-order valence-electron chi connectivity index (χ3n) is 2.92. The lowest BCUT2D eigenvalue weighted by Gasteiger charge is -1.97. The van der Waals surface area contributed by atoms with E-state index in [0.29, 0.717) is 0 Å². The van der Waals surface area contributed by atoms with Crippen LogP contribution < -0.4 is 0 Å². The van der Waals surface area contributed by atoms with Gasteiger partial charge in [-0.25, -0.2) is 8.42 Å². The van der Waals surface area contributed by atoms with Crippen molar-refractivity contribution in [1.82, 2.24) is 0 Å². The van der Waals surface area contributed by atoms with E-state index in [4.69, 9.17) is 0 Å². The van der Waals surface area contributed by atoms with E-state index in [1.54, 1.807) is 12.2 Å². The Morgan fingerprint density at radius 2 is 1.05 bits per heavy atom. The zero-order valence-corrected chi connectivity index (χ0v) is 12.5. The van der Waals surface area contributed by atoms with Gasteiger partial charge in [0.05, 0.1) is 11.5 Å². The van der Waals surface area contributed by atoms with E-state index in [-0.39, 0.29) is 11.5 Å². The molecule has 0 heterocycles. The molecule has 0 saturated carbocycles. The largest absolute Gasteiger partial charge is 0.228 e. The fourth-order valence-electron chi connectivity index (χ4n) is 1.86. The zero-order valence-electron chi connectivity index (χ0n) is 11.7. The fraction of sp³-hybridized carbons (Fsp3) is 0.111. The third-order valence-corrected chi connectivity index (χ3v) is 4.32. The Morgan fingerprint density at radius 3 is 1.43 bits per heavy atom. The highest BCUT2D eigenvalue weighted by atomic mass is 32.2. The number of hydrogen-bond acceptors (Lipinski definition) is 2. The predicted molar refractivity (Wildman–Crippen MR) is 89.6 cm³/mol. The molecule has 0 amide bonds. The van der Waals surface area contributed by atoms with Crippen LogP contribution >= 0.6 is 0 Å². The Balaban J connectivity index is 1.88. The van der Waals surface area contributed by atoms with Crippen LogP contribution in [-0.4, -0.2) is 19.9 Å². The van der Waals surface area contributed by atoms with Gasteiger partial charge in [0.2, 0.25) is 0 Å². The van der Waals surface area contributed by atoms with Gasteiger partial charge >= 0.3 is 0 Å². The van der Waals surface area contributed by atoms with Crippen molar-refractivity contribution in [2.75, 3.05) is 11.5 Å². The molecule has 0 atom stereocenters. The van der Waals surface area contributed by atoms with Crippen molar-refractivity contribution in [3.05, 3.63) is 83.9 Å². The number of hydrogen-bond donors (Lipinski definition) is 0. The van der Waals surface area contributed by atoms with Gasteiger partial charge in [0.15, 0.2) is 9.84 Å². The van der Waals surface area contributed by atoms with Crippen LogP contribution in [0.1, 0.15) is 11.1 Å². The first-order valence-electron chi connectivity index (χ1n) is 6.79. The second kappa shape index (κ2) is 7.60. The molecule has 2 rings (SSSR count). The number of benzene rings is 2. The van der Waals surface area contributed by atoms with Crippen LogP contribution in [0.15, 0.2) is 72.8 Å². The molecule has 0 bridgehead atoms. The van der Waals surface area contributed by atoms with Crippen LogP contribution in [0.3, 0.4) is 0 Å². The molecule has 0 aromatic heterocycles. The minimum Gasteiger partial charge on any atom is -0.228 e. The Morgan fingerprint density at radius 1 is 0.667 bits per heavy atom. The van der Waals surface area contributed by atoms with Crippen molar-refractivity contribution >= 4 is 22.0 Å². The summed E-state index contributed by atoms with van der Waals surface area (Å²) in [5.41, 5.74) is 2.01. The lowest BCUT2D eigenvalue weighted by molar-refractivity contribution is 0.602. The maximum atomic E-state index is 11.9. The van der Waals surface area contributed by atoms with Crippen LogP contribution in [0, 0.1) is 0 Å². The molecule has 0 unspecified atom stereocenters. The van der Waals surface area contributed by atoms with Crippen LogP contribution in [0.5, 0.6) is 0 Å². The molecule has 108 valence electrons. The van der Waals surface area contributed by atoms with Crippen LogP contribution in [-0.2, 0) is 9.84 Å². The number of sulfone groups is 1. The van der Waals surface area contributed by atoms with Crippen molar-refractivity contribution in [3.8, 4) is 0 Å². The number of rotatable bonds is 6. The molecule has 0 spiro atoms. The normalized spacial score (nSPS) is 12.2. The van der Waals surface area contributed by atoms with E-state index in [0.717, 1.165) is 11.1 Å². The summed E-state index contributed by atoms with van der Waals surface area (Å²) >= 11 is 0. The molecule has 0 aliphatic rings. The second-order valence-electron chi connectivity index (χ2n) is 4.70. The highest BCUT2D eigenvalue weighted by Gasteiger charge is 2.05. The van der Waals surface area contributed by atoms with E-state index in [1.807, 2.05) is 72.8 Å². The predicted octanol–water partition coefficient (Wildman–Crippen LogP) is 3.83. The second-order valence-corrected chi connectivity index (χ2v) is 6.86. The molecule has 0 saturated heterocycles. The average molecular weight is 298 g/mol. The quantitative estimate of drug-likeness (QED) is 0.812. The smallest absolute Gasteiger partial charge is 0.157 e. The maximum Gasteiger partial charge on any atom is 0.157 e. The first-order chi connectivity index (χ1) is 10.2. The monoisotopic (exact) mass is 298 g/mol. The molecular weight excluding hydrogens is 280 g/mol. The fourth-order valence-corrected chi connectivity index (χ4v) is 2.77. The minimum atomic E-state index is -3.10. The molecular formula is C18H18O2S. The maximum absolute atomic E-state index is 11.9. The van der Waals surface area contributed by atoms with E-state index < -0.39 is 9.84 Å². The first-order valence-corrected chi connectivity index (χ1v) is 8.61. The molecule has 2 nitrogen and oxygen atoms in total. The summed E-state index contributed by atoms with van der Waals surface area (Å²) in [5, 5.41) is 0. The molecule has 3 heteroatoms. The summed E-state index contributed by atoms with van der Waals surface area (Å²) in [4.78, 5) is 0. The molecule has 0 fully saturated rings. The van der Waals surface area contributed by atoms with Gasteiger partial charge in [0.25, 0.3) is 0 Å². The third kappa shape index (κ3) is 5.79. The van der Waals surface area contributed by atoms with Gasteiger partial charge in [-0.3, -0.25) is 0 Å². The van der Waals surface area contributed by atoms with Gasteiger partial charge in [-0.05, 0) is 11.1 Å².